The van der Waals surface area contributed by atoms with Crippen LogP contribution in [-0.4, -0.2) is 21.2 Å². The first-order valence-corrected chi connectivity index (χ1v) is 10.9. The molecule has 1 aromatic carbocycles. The number of carbonyl (C=O) groups is 1. The number of thioether (sulfide) groups is 1. The Morgan fingerprint density at radius 1 is 1.30 bits per heavy atom. The minimum Gasteiger partial charge on any atom is -0.348 e. The fraction of sp³-hybridized carbons (Fsp3) is 0.350. The number of para-hydroxylation sites is 1. The summed E-state index contributed by atoms with van der Waals surface area (Å²) in [6, 6.07) is 11.3. The normalized spacial score (nSPS) is 12.2. The highest BCUT2D eigenvalue weighted by Gasteiger charge is 2.15. The highest BCUT2D eigenvalue weighted by atomic mass is 32.2. The number of nitrogens with zero attached hydrogens (tertiary/aromatic N) is 2. The summed E-state index contributed by atoms with van der Waals surface area (Å²) in [7, 11) is 0. The van der Waals surface area contributed by atoms with Gasteiger partial charge < -0.3 is 5.32 Å². The molecule has 2 heterocycles. The van der Waals surface area contributed by atoms with E-state index in [1.807, 2.05) is 42.6 Å². The van der Waals surface area contributed by atoms with Gasteiger partial charge in [-0.15, -0.1) is 11.3 Å². The van der Waals surface area contributed by atoms with Crippen LogP contribution in [0, 0.1) is 0 Å². The Bertz CT molecular complexity index is 967. The summed E-state index contributed by atoms with van der Waals surface area (Å²) in [4.78, 5) is 31.0. The zero-order valence-corrected chi connectivity index (χ0v) is 17.1. The Kier molecular flexibility index (Phi) is 6.68. The molecule has 3 aromatic rings. The Morgan fingerprint density at radius 3 is 2.85 bits per heavy atom. The fourth-order valence-electron chi connectivity index (χ4n) is 2.79. The quantitative estimate of drug-likeness (QED) is 0.453. The van der Waals surface area contributed by atoms with E-state index in [1.165, 1.54) is 11.8 Å². The molecule has 0 aliphatic heterocycles. The van der Waals surface area contributed by atoms with Crippen molar-refractivity contribution >= 4 is 39.9 Å². The van der Waals surface area contributed by atoms with Gasteiger partial charge in [0.15, 0.2) is 5.16 Å². The van der Waals surface area contributed by atoms with Gasteiger partial charge in [0, 0.05) is 11.4 Å². The van der Waals surface area contributed by atoms with Crippen LogP contribution in [0.2, 0.25) is 0 Å². The molecule has 0 saturated carbocycles. The SMILES string of the molecule is CCCCn1c(SCC(=O)NC(C)c2cccs2)nc2ccccc2c1=O. The van der Waals surface area contributed by atoms with Crippen LogP contribution in [-0.2, 0) is 11.3 Å². The lowest BCUT2D eigenvalue weighted by Crippen LogP contribution is -2.28. The molecule has 1 unspecified atom stereocenters. The third-order valence-electron chi connectivity index (χ3n) is 4.24. The van der Waals surface area contributed by atoms with Gasteiger partial charge in [-0.25, -0.2) is 4.98 Å². The highest BCUT2D eigenvalue weighted by Crippen LogP contribution is 2.20. The van der Waals surface area contributed by atoms with Crippen molar-refractivity contribution in [3.05, 3.63) is 57.0 Å². The highest BCUT2D eigenvalue weighted by molar-refractivity contribution is 7.99. The summed E-state index contributed by atoms with van der Waals surface area (Å²) >= 11 is 2.94. The van der Waals surface area contributed by atoms with E-state index in [1.54, 1.807) is 22.0 Å². The summed E-state index contributed by atoms with van der Waals surface area (Å²) in [5.74, 6) is 0.164. The van der Waals surface area contributed by atoms with Gasteiger partial charge in [-0.2, -0.15) is 0 Å². The van der Waals surface area contributed by atoms with Crippen LogP contribution in [0.5, 0.6) is 0 Å². The van der Waals surface area contributed by atoms with E-state index in [4.69, 9.17) is 0 Å². The van der Waals surface area contributed by atoms with Gasteiger partial charge in [-0.1, -0.05) is 43.3 Å². The maximum absolute atomic E-state index is 12.8. The van der Waals surface area contributed by atoms with E-state index in [2.05, 4.69) is 17.2 Å². The van der Waals surface area contributed by atoms with Crippen molar-refractivity contribution in [3.8, 4) is 0 Å². The van der Waals surface area contributed by atoms with Gasteiger partial charge in [-0.05, 0) is 36.9 Å². The van der Waals surface area contributed by atoms with E-state index >= 15 is 0 Å². The molecule has 0 saturated heterocycles. The number of fused-ring (bicyclic) bond motifs is 1. The molecule has 0 fully saturated rings. The third-order valence-corrected chi connectivity index (χ3v) is 6.27. The number of unbranched alkanes of at least 4 members (excludes halogenated alkanes) is 1. The molecule has 0 aliphatic rings. The maximum Gasteiger partial charge on any atom is 0.262 e. The first-order chi connectivity index (χ1) is 13.1. The van der Waals surface area contributed by atoms with Crippen LogP contribution in [0.4, 0.5) is 0 Å². The number of carbonyl (C=O) groups excluding carboxylic acids is 1. The molecule has 2 aromatic heterocycles. The summed E-state index contributed by atoms with van der Waals surface area (Å²) < 4.78 is 1.70. The second-order valence-electron chi connectivity index (χ2n) is 6.32. The topological polar surface area (TPSA) is 64.0 Å². The van der Waals surface area contributed by atoms with Gasteiger partial charge in [0.05, 0.1) is 22.7 Å². The van der Waals surface area contributed by atoms with E-state index in [-0.39, 0.29) is 23.3 Å². The van der Waals surface area contributed by atoms with Gasteiger partial charge >= 0.3 is 0 Å². The van der Waals surface area contributed by atoms with Crippen molar-refractivity contribution in [1.29, 1.82) is 0 Å². The van der Waals surface area contributed by atoms with Gasteiger partial charge in [0.1, 0.15) is 0 Å². The lowest BCUT2D eigenvalue weighted by Gasteiger charge is -2.14. The van der Waals surface area contributed by atoms with Crippen molar-refractivity contribution in [2.75, 3.05) is 5.75 Å². The molecule has 0 spiro atoms. The molecule has 3 rings (SSSR count). The number of nitrogens with one attached hydrogen (secondary N) is 1. The Morgan fingerprint density at radius 2 is 2.11 bits per heavy atom. The van der Waals surface area contributed by atoms with Crippen molar-refractivity contribution in [3.63, 3.8) is 0 Å². The second-order valence-corrected chi connectivity index (χ2v) is 8.24. The predicted octanol–water partition coefficient (Wildman–Crippen LogP) is 4.23. The lowest BCUT2D eigenvalue weighted by molar-refractivity contribution is -0.119. The second kappa shape index (κ2) is 9.19. The molecular formula is C20H23N3O2S2. The van der Waals surface area contributed by atoms with Crippen LogP contribution in [0.3, 0.4) is 0 Å². The minimum absolute atomic E-state index is 0.0232. The summed E-state index contributed by atoms with van der Waals surface area (Å²) in [6.45, 7) is 4.67. The summed E-state index contributed by atoms with van der Waals surface area (Å²) in [5, 5.41) is 6.22. The van der Waals surface area contributed by atoms with Crippen LogP contribution >= 0.6 is 23.1 Å². The largest absolute Gasteiger partial charge is 0.348 e. The van der Waals surface area contributed by atoms with Crippen molar-refractivity contribution in [2.45, 2.75) is 44.4 Å². The first-order valence-electron chi connectivity index (χ1n) is 9.05. The van der Waals surface area contributed by atoms with Crippen molar-refractivity contribution < 1.29 is 4.79 Å². The Labute approximate surface area is 166 Å². The number of benzene rings is 1. The van der Waals surface area contributed by atoms with Crippen LogP contribution < -0.4 is 10.9 Å². The Balaban J connectivity index is 1.76. The number of rotatable bonds is 8. The van der Waals surface area contributed by atoms with Gasteiger partial charge in [0.2, 0.25) is 5.91 Å². The zero-order valence-electron chi connectivity index (χ0n) is 15.5. The fourth-order valence-corrected chi connectivity index (χ4v) is 4.36. The number of hydrogen-bond donors (Lipinski definition) is 1. The van der Waals surface area contributed by atoms with Crippen molar-refractivity contribution in [1.82, 2.24) is 14.9 Å². The molecule has 7 heteroatoms. The monoisotopic (exact) mass is 401 g/mol. The number of thiophene rings is 1. The summed E-state index contributed by atoms with van der Waals surface area (Å²) in [5.41, 5.74) is 0.633. The molecule has 0 aliphatic carbocycles. The third kappa shape index (κ3) is 4.78. The molecule has 1 amide bonds. The molecule has 27 heavy (non-hydrogen) atoms. The zero-order chi connectivity index (χ0) is 19.2. The standard InChI is InChI=1S/C20H23N3O2S2/c1-3-4-11-23-19(25)15-8-5-6-9-16(15)22-20(23)27-13-18(24)21-14(2)17-10-7-12-26-17/h5-10,12,14H,3-4,11,13H2,1-2H3,(H,21,24). The smallest absolute Gasteiger partial charge is 0.262 e. The van der Waals surface area contributed by atoms with E-state index in [0.717, 1.165) is 17.7 Å². The van der Waals surface area contributed by atoms with Crippen molar-refractivity contribution in [2.24, 2.45) is 0 Å². The van der Waals surface area contributed by atoms with Gasteiger partial charge in [0.25, 0.3) is 5.56 Å². The van der Waals surface area contributed by atoms with Crippen LogP contribution in [0.15, 0.2) is 51.7 Å². The van der Waals surface area contributed by atoms with E-state index in [0.29, 0.717) is 22.6 Å². The average Bonchev–Trinajstić information content (AvgIpc) is 3.21. The van der Waals surface area contributed by atoms with Crippen LogP contribution in [0.1, 0.15) is 37.6 Å². The predicted molar refractivity (Wildman–Crippen MR) is 113 cm³/mol. The molecule has 1 atom stereocenters. The average molecular weight is 402 g/mol. The molecule has 142 valence electrons. The number of amides is 1. The Hall–Kier alpha value is -2.12. The van der Waals surface area contributed by atoms with Crippen LogP contribution in [0.25, 0.3) is 10.9 Å². The molecule has 0 radical (unpaired) electrons. The minimum atomic E-state index is -0.0645. The molecular weight excluding hydrogens is 378 g/mol. The first kappa shape index (κ1) is 19.6. The van der Waals surface area contributed by atoms with E-state index < -0.39 is 0 Å². The van der Waals surface area contributed by atoms with E-state index in [9.17, 15) is 9.59 Å². The molecule has 5 nitrogen and oxygen atoms in total. The summed E-state index contributed by atoms with van der Waals surface area (Å²) in [6.07, 6.45) is 1.89. The lowest BCUT2D eigenvalue weighted by atomic mass is 10.2. The molecule has 0 bridgehead atoms. The maximum atomic E-state index is 12.8. The number of hydrogen-bond acceptors (Lipinski definition) is 5. The van der Waals surface area contributed by atoms with Gasteiger partial charge in [-0.3, -0.25) is 14.2 Å². The molecule has 1 N–H and O–H groups in total. The number of aromatic nitrogens is 2.